The predicted molar refractivity (Wildman–Crippen MR) is 74.1 cm³/mol. The Morgan fingerprint density at radius 1 is 1.12 bits per heavy atom. The van der Waals surface area contributed by atoms with Gasteiger partial charge in [0.1, 0.15) is 0 Å². The molecule has 1 atom stereocenters. The monoisotopic (exact) mass is 238 g/mol. The fourth-order valence-electron chi connectivity index (χ4n) is 3.69. The minimum atomic E-state index is 0.175. The summed E-state index contributed by atoms with van der Waals surface area (Å²) in [5, 5.41) is 0. The maximum atomic E-state index is 6.54. The largest absolute Gasteiger partial charge is 0.325 e. The highest BCUT2D eigenvalue weighted by Gasteiger charge is 2.29. The third kappa shape index (κ3) is 3.69. The quantitative estimate of drug-likeness (QED) is 0.814. The van der Waals surface area contributed by atoms with Crippen molar-refractivity contribution in [1.29, 1.82) is 0 Å². The van der Waals surface area contributed by atoms with Crippen LogP contribution in [0.15, 0.2) is 0 Å². The number of hydrogen-bond acceptors (Lipinski definition) is 2. The van der Waals surface area contributed by atoms with E-state index in [0.29, 0.717) is 0 Å². The summed E-state index contributed by atoms with van der Waals surface area (Å²) < 4.78 is 0. The van der Waals surface area contributed by atoms with Crippen LogP contribution in [-0.4, -0.2) is 29.6 Å². The van der Waals surface area contributed by atoms with E-state index in [4.69, 9.17) is 5.73 Å². The third-order valence-electron chi connectivity index (χ3n) is 4.97. The first-order valence-corrected chi connectivity index (χ1v) is 7.76. The predicted octanol–water partition coefficient (Wildman–Crippen LogP) is 3.30. The molecule has 0 aromatic carbocycles. The first-order chi connectivity index (χ1) is 8.23. The van der Waals surface area contributed by atoms with E-state index in [1.54, 1.807) is 0 Å². The summed E-state index contributed by atoms with van der Waals surface area (Å²) in [5.74, 6) is 0. The van der Waals surface area contributed by atoms with E-state index >= 15 is 0 Å². The van der Waals surface area contributed by atoms with E-state index in [2.05, 4.69) is 11.8 Å². The molecule has 2 aliphatic rings. The smallest absolute Gasteiger partial charge is 0.0166 e. The van der Waals surface area contributed by atoms with Crippen LogP contribution in [0.1, 0.15) is 71.1 Å². The van der Waals surface area contributed by atoms with Crippen LogP contribution in [0, 0.1) is 0 Å². The van der Waals surface area contributed by atoms with Crippen LogP contribution in [0.2, 0.25) is 0 Å². The zero-order valence-corrected chi connectivity index (χ0v) is 11.6. The van der Waals surface area contributed by atoms with E-state index in [-0.39, 0.29) is 5.54 Å². The van der Waals surface area contributed by atoms with Gasteiger partial charge in [0.25, 0.3) is 0 Å². The van der Waals surface area contributed by atoms with Crippen molar-refractivity contribution < 1.29 is 0 Å². The van der Waals surface area contributed by atoms with Gasteiger partial charge < -0.3 is 10.6 Å². The van der Waals surface area contributed by atoms with Crippen LogP contribution in [0.4, 0.5) is 0 Å². The molecule has 2 N–H and O–H groups in total. The molecule has 1 saturated carbocycles. The Bertz CT molecular complexity index is 221. The van der Waals surface area contributed by atoms with Crippen LogP contribution in [0.25, 0.3) is 0 Å². The molecule has 0 spiro atoms. The van der Waals surface area contributed by atoms with Gasteiger partial charge in [0.15, 0.2) is 0 Å². The molecule has 2 rings (SSSR count). The summed E-state index contributed by atoms with van der Waals surface area (Å²) in [5.41, 5.74) is 6.71. The highest BCUT2D eigenvalue weighted by atomic mass is 15.2. The number of nitrogens with zero attached hydrogens (tertiary/aromatic N) is 1. The van der Waals surface area contributed by atoms with Gasteiger partial charge in [-0.3, -0.25) is 0 Å². The lowest BCUT2D eigenvalue weighted by molar-refractivity contribution is 0.123. The van der Waals surface area contributed by atoms with Crippen molar-refractivity contribution in [1.82, 2.24) is 4.90 Å². The van der Waals surface area contributed by atoms with Gasteiger partial charge in [-0.05, 0) is 45.1 Å². The number of hydrogen-bond donors (Lipinski definition) is 1. The first kappa shape index (κ1) is 13.4. The highest BCUT2D eigenvalue weighted by Crippen LogP contribution is 2.30. The van der Waals surface area contributed by atoms with Gasteiger partial charge in [0.05, 0.1) is 0 Å². The van der Waals surface area contributed by atoms with Gasteiger partial charge in [0.2, 0.25) is 0 Å². The molecule has 0 radical (unpaired) electrons. The lowest BCUT2D eigenvalue weighted by atomic mass is 9.80. The third-order valence-corrected chi connectivity index (χ3v) is 4.97. The van der Waals surface area contributed by atoms with Crippen molar-refractivity contribution in [2.45, 2.75) is 82.7 Å². The van der Waals surface area contributed by atoms with Gasteiger partial charge >= 0.3 is 0 Å². The average molecular weight is 238 g/mol. The van der Waals surface area contributed by atoms with Crippen LogP contribution < -0.4 is 5.73 Å². The summed E-state index contributed by atoms with van der Waals surface area (Å²) >= 11 is 0. The molecule has 0 aromatic heterocycles. The Morgan fingerprint density at radius 2 is 1.88 bits per heavy atom. The van der Waals surface area contributed by atoms with E-state index in [9.17, 15) is 0 Å². The van der Waals surface area contributed by atoms with Gasteiger partial charge in [-0.1, -0.05) is 32.6 Å². The van der Waals surface area contributed by atoms with Crippen LogP contribution >= 0.6 is 0 Å². The minimum Gasteiger partial charge on any atom is -0.325 e. The summed E-state index contributed by atoms with van der Waals surface area (Å²) in [6, 6.07) is 0.843. The first-order valence-electron chi connectivity index (χ1n) is 7.76. The fourth-order valence-corrected chi connectivity index (χ4v) is 3.69. The second-order valence-electron chi connectivity index (χ2n) is 6.27. The van der Waals surface area contributed by atoms with E-state index in [0.717, 1.165) is 6.04 Å². The van der Waals surface area contributed by atoms with E-state index < -0.39 is 0 Å². The molecule has 0 bridgehead atoms. The van der Waals surface area contributed by atoms with E-state index in [1.807, 2.05) is 0 Å². The molecular weight excluding hydrogens is 208 g/mol. The maximum Gasteiger partial charge on any atom is 0.0166 e. The fraction of sp³-hybridized carbons (Fsp3) is 1.00. The molecule has 2 heteroatoms. The minimum absolute atomic E-state index is 0.175. The standard InChI is InChI=1S/C15H30N2/c1-2-14-8-4-7-12-17(14)13-11-15(16)9-5-3-6-10-15/h14H,2-13,16H2,1H3. The molecule has 0 aromatic rings. The molecule has 1 saturated heterocycles. The van der Waals surface area contributed by atoms with Crippen molar-refractivity contribution in [3.63, 3.8) is 0 Å². The molecule has 0 amide bonds. The van der Waals surface area contributed by atoms with Crippen molar-refractivity contribution in [3.05, 3.63) is 0 Å². The van der Waals surface area contributed by atoms with Crippen molar-refractivity contribution in [3.8, 4) is 0 Å². The SMILES string of the molecule is CCC1CCCCN1CCC1(N)CCCCC1. The Labute approximate surface area is 107 Å². The molecule has 1 unspecified atom stereocenters. The average Bonchev–Trinajstić information content (AvgIpc) is 2.38. The van der Waals surface area contributed by atoms with Gasteiger partial charge in [-0.25, -0.2) is 0 Å². The Kier molecular flexibility index (Phi) is 4.87. The molecular formula is C15H30N2. The second kappa shape index (κ2) is 6.19. The topological polar surface area (TPSA) is 29.3 Å². The van der Waals surface area contributed by atoms with E-state index in [1.165, 1.54) is 77.3 Å². The van der Waals surface area contributed by atoms with Crippen LogP contribution in [-0.2, 0) is 0 Å². The summed E-state index contributed by atoms with van der Waals surface area (Å²) in [4.78, 5) is 2.71. The second-order valence-corrected chi connectivity index (χ2v) is 6.27. The highest BCUT2D eigenvalue weighted by molar-refractivity contribution is 4.89. The molecule has 100 valence electrons. The molecule has 1 aliphatic heterocycles. The summed E-state index contributed by atoms with van der Waals surface area (Å²) in [6.45, 7) is 4.89. The van der Waals surface area contributed by atoms with Crippen LogP contribution in [0.5, 0.6) is 0 Å². The number of piperidine rings is 1. The normalized spacial score (nSPS) is 30.4. The van der Waals surface area contributed by atoms with Crippen LogP contribution in [0.3, 0.4) is 0 Å². The Hall–Kier alpha value is -0.0800. The maximum absolute atomic E-state index is 6.54. The van der Waals surface area contributed by atoms with Crippen molar-refractivity contribution in [2.24, 2.45) is 5.73 Å². The molecule has 1 heterocycles. The molecule has 2 fully saturated rings. The zero-order chi connectivity index (χ0) is 12.1. The summed E-state index contributed by atoms with van der Waals surface area (Å²) in [7, 11) is 0. The van der Waals surface area contributed by atoms with Crippen molar-refractivity contribution >= 4 is 0 Å². The van der Waals surface area contributed by atoms with Gasteiger partial charge in [-0.2, -0.15) is 0 Å². The lowest BCUT2D eigenvalue weighted by Gasteiger charge is -2.39. The number of rotatable bonds is 4. The van der Waals surface area contributed by atoms with Gasteiger partial charge in [0, 0.05) is 18.1 Å². The molecule has 17 heavy (non-hydrogen) atoms. The Balaban J connectivity index is 1.79. The van der Waals surface area contributed by atoms with Crippen molar-refractivity contribution in [2.75, 3.05) is 13.1 Å². The molecule has 1 aliphatic carbocycles. The van der Waals surface area contributed by atoms with Gasteiger partial charge in [-0.15, -0.1) is 0 Å². The molecule has 2 nitrogen and oxygen atoms in total. The zero-order valence-electron chi connectivity index (χ0n) is 11.6. The summed E-state index contributed by atoms with van der Waals surface area (Å²) in [6.07, 6.45) is 13.4. The lowest BCUT2D eigenvalue weighted by Crippen LogP contribution is -2.47. The number of likely N-dealkylation sites (tertiary alicyclic amines) is 1. The number of nitrogens with two attached hydrogens (primary N) is 1. The Morgan fingerprint density at radius 3 is 2.59 bits per heavy atom.